The molecule has 2 rings (SSSR count). The molecule has 0 aromatic heterocycles. The number of hydrogen-bond acceptors (Lipinski definition) is 3. The zero-order chi connectivity index (χ0) is 13.2. The maximum absolute atomic E-state index is 13.6. The molecule has 1 aromatic rings. The number of rotatable bonds is 3. The maximum Gasteiger partial charge on any atom is 0.245 e. The Morgan fingerprint density at radius 2 is 1.84 bits per heavy atom. The highest BCUT2D eigenvalue weighted by Gasteiger charge is 2.30. The molecule has 0 radical (unpaired) electrons. The van der Waals surface area contributed by atoms with Crippen LogP contribution in [0.5, 0.6) is 0 Å². The molecule has 0 aliphatic carbocycles. The lowest BCUT2D eigenvalue weighted by Gasteiger charge is -2.30. The normalized spacial score (nSPS) is 17.2. The van der Waals surface area contributed by atoms with Crippen molar-refractivity contribution in [2.24, 2.45) is 0 Å². The highest BCUT2D eigenvalue weighted by Crippen LogP contribution is 2.22. The lowest BCUT2D eigenvalue weighted by molar-refractivity contribution is 0.295. The molecular formula is C12H18ClFN2O2S. The minimum Gasteiger partial charge on any atom is -0.317 e. The fourth-order valence-electron chi connectivity index (χ4n) is 2.18. The number of nitrogens with zero attached hydrogens (tertiary/aromatic N) is 1. The number of piperidine rings is 1. The van der Waals surface area contributed by atoms with Gasteiger partial charge < -0.3 is 5.32 Å². The molecule has 108 valence electrons. The van der Waals surface area contributed by atoms with Gasteiger partial charge in [-0.1, -0.05) is 12.1 Å². The van der Waals surface area contributed by atoms with Crippen molar-refractivity contribution in [2.75, 3.05) is 20.1 Å². The zero-order valence-corrected chi connectivity index (χ0v) is 12.3. The summed E-state index contributed by atoms with van der Waals surface area (Å²) in [5, 5.41) is 3.18. The third-order valence-corrected chi connectivity index (χ3v) is 5.26. The fraction of sp³-hybridized carbons (Fsp3) is 0.500. The van der Waals surface area contributed by atoms with E-state index in [-0.39, 0.29) is 23.3 Å². The van der Waals surface area contributed by atoms with Crippen LogP contribution in [0.1, 0.15) is 12.8 Å². The minimum absolute atomic E-state index is 0. The number of benzene rings is 1. The van der Waals surface area contributed by atoms with Gasteiger partial charge in [-0.2, -0.15) is 4.31 Å². The zero-order valence-electron chi connectivity index (χ0n) is 10.7. The second-order valence-electron chi connectivity index (χ2n) is 4.43. The lowest BCUT2D eigenvalue weighted by Crippen LogP contribution is -2.44. The monoisotopic (exact) mass is 308 g/mol. The van der Waals surface area contributed by atoms with Crippen molar-refractivity contribution in [3.63, 3.8) is 0 Å². The Balaban J connectivity index is 0.00000180. The molecule has 0 spiro atoms. The third kappa shape index (κ3) is 3.45. The summed E-state index contributed by atoms with van der Waals surface area (Å²) in [6.45, 7) is 1.59. The first kappa shape index (κ1) is 16.4. The van der Waals surface area contributed by atoms with Gasteiger partial charge in [-0.15, -0.1) is 12.4 Å². The molecule has 0 saturated carbocycles. The molecule has 1 saturated heterocycles. The van der Waals surface area contributed by atoms with E-state index in [1.54, 1.807) is 0 Å². The lowest BCUT2D eigenvalue weighted by atomic mass is 10.1. The van der Waals surface area contributed by atoms with E-state index >= 15 is 0 Å². The van der Waals surface area contributed by atoms with E-state index in [9.17, 15) is 12.8 Å². The topological polar surface area (TPSA) is 49.4 Å². The van der Waals surface area contributed by atoms with Crippen LogP contribution in [0.3, 0.4) is 0 Å². The molecule has 0 unspecified atom stereocenters. The van der Waals surface area contributed by atoms with Crippen LogP contribution in [0.2, 0.25) is 0 Å². The summed E-state index contributed by atoms with van der Waals surface area (Å²) in [6.07, 6.45) is 1.51. The summed E-state index contributed by atoms with van der Waals surface area (Å²) < 4.78 is 39.5. The van der Waals surface area contributed by atoms with E-state index in [4.69, 9.17) is 0 Å². The molecule has 19 heavy (non-hydrogen) atoms. The Morgan fingerprint density at radius 3 is 2.42 bits per heavy atom. The van der Waals surface area contributed by atoms with E-state index < -0.39 is 15.8 Å². The van der Waals surface area contributed by atoms with Crippen LogP contribution in [0.25, 0.3) is 0 Å². The summed E-state index contributed by atoms with van der Waals surface area (Å²) in [5.41, 5.74) is 0. The third-order valence-electron chi connectivity index (χ3n) is 3.32. The van der Waals surface area contributed by atoms with Crippen LogP contribution in [-0.4, -0.2) is 38.9 Å². The van der Waals surface area contributed by atoms with Gasteiger partial charge >= 0.3 is 0 Å². The molecule has 1 aliphatic heterocycles. The fourth-order valence-corrected chi connectivity index (χ4v) is 3.65. The van der Waals surface area contributed by atoms with Crippen LogP contribution in [0, 0.1) is 5.82 Å². The first-order valence-corrected chi connectivity index (χ1v) is 7.41. The molecular weight excluding hydrogens is 291 g/mol. The van der Waals surface area contributed by atoms with Gasteiger partial charge in [-0.05, 0) is 38.1 Å². The van der Waals surface area contributed by atoms with E-state index in [0.717, 1.165) is 25.9 Å². The number of sulfonamides is 1. The van der Waals surface area contributed by atoms with Crippen molar-refractivity contribution in [1.82, 2.24) is 9.62 Å². The Bertz CT molecular complexity index is 518. The van der Waals surface area contributed by atoms with Crippen LogP contribution >= 0.6 is 12.4 Å². The van der Waals surface area contributed by atoms with Crippen molar-refractivity contribution < 1.29 is 12.8 Å². The molecule has 1 N–H and O–H groups in total. The molecule has 1 aliphatic rings. The Hall–Kier alpha value is -0.690. The Kier molecular flexibility index (Phi) is 5.73. The van der Waals surface area contributed by atoms with Gasteiger partial charge in [-0.25, -0.2) is 12.8 Å². The van der Waals surface area contributed by atoms with Crippen LogP contribution < -0.4 is 5.32 Å². The van der Waals surface area contributed by atoms with Gasteiger partial charge in [0, 0.05) is 13.1 Å². The van der Waals surface area contributed by atoms with Gasteiger partial charge in [0.2, 0.25) is 10.0 Å². The summed E-state index contributed by atoms with van der Waals surface area (Å²) in [6, 6.07) is 5.44. The van der Waals surface area contributed by atoms with Gasteiger partial charge in [0.15, 0.2) is 0 Å². The van der Waals surface area contributed by atoms with E-state index in [1.165, 1.54) is 35.6 Å². The first-order chi connectivity index (χ1) is 8.53. The van der Waals surface area contributed by atoms with Crippen molar-refractivity contribution >= 4 is 22.4 Å². The molecule has 7 heteroatoms. The van der Waals surface area contributed by atoms with Crippen molar-refractivity contribution in [3.05, 3.63) is 30.1 Å². The van der Waals surface area contributed by atoms with E-state index in [0.29, 0.717) is 0 Å². The maximum atomic E-state index is 13.6. The highest BCUT2D eigenvalue weighted by atomic mass is 35.5. The average Bonchev–Trinajstić information content (AvgIpc) is 2.39. The van der Waals surface area contributed by atoms with Crippen LogP contribution in [-0.2, 0) is 10.0 Å². The summed E-state index contributed by atoms with van der Waals surface area (Å²) in [4.78, 5) is -0.244. The average molecular weight is 309 g/mol. The smallest absolute Gasteiger partial charge is 0.245 e. The number of halogens is 2. The predicted molar refractivity (Wildman–Crippen MR) is 74.5 cm³/mol. The van der Waals surface area contributed by atoms with Crippen molar-refractivity contribution in [3.8, 4) is 0 Å². The van der Waals surface area contributed by atoms with Gasteiger partial charge in [0.05, 0.1) is 0 Å². The standard InChI is InChI=1S/C12H17FN2O2S.ClH/c1-15(10-6-8-14-9-7-10)18(16,17)12-5-3-2-4-11(12)13;/h2-5,10,14H,6-9H2,1H3;1H. The Morgan fingerprint density at radius 1 is 1.26 bits per heavy atom. The molecule has 4 nitrogen and oxygen atoms in total. The van der Waals surface area contributed by atoms with Gasteiger partial charge in [-0.3, -0.25) is 0 Å². The minimum atomic E-state index is -3.74. The second-order valence-corrected chi connectivity index (χ2v) is 6.40. The second kappa shape index (κ2) is 6.65. The van der Waals surface area contributed by atoms with Crippen LogP contribution in [0.4, 0.5) is 4.39 Å². The van der Waals surface area contributed by atoms with E-state index in [1.807, 2.05) is 0 Å². The van der Waals surface area contributed by atoms with Gasteiger partial charge in [0.25, 0.3) is 0 Å². The number of nitrogens with one attached hydrogen (secondary N) is 1. The first-order valence-electron chi connectivity index (χ1n) is 5.97. The summed E-state index contributed by atoms with van der Waals surface area (Å²) >= 11 is 0. The summed E-state index contributed by atoms with van der Waals surface area (Å²) in [7, 11) is -2.21. The molecule has 1 aromatic carbocycles. The largest absolute Gasteiger partial charge is 0.317 e. The molecule has 0 bridgehead atoms. The van der Waals surface area contributed by atoms with Crippen LogP contribution in [0.15, 0.2) is 29.2 Å². The highest BCUT2D eigenvalue weighted by molar-refractivity contribution is 7.89. The van der Waals surface area contributed by atoms with Crippen molar-refractivity contribution in [1.29, 1.82) is 0 Å². The Labute approximate surface area is 119 Å². The molecule has 1 fully saturated rings. The quantitative estimate of drug-likeness (QED) is 0.923. The number of hydrogen-bond donors (Lipinski definition) is 1. The van der Waals surface area contributed by atoms with Crippen molar-refractivity contribution in [2.45, 2.75) is 23.8 Å². The molecule has 0 atom stereocenters. The van der Waals surface area contributed by atoms with Gasteiger partial charge in [0.1, 0.15) is 10.7 Å². The van der Waals surface area contributed by atoms with E-state index in [2.05, 4.69) is 5.32 Å². The predicted octanol–water partition coefficient (Wildman–Crippen LogP) is 1.62. The molecule has 1 heterocycles. The summed E-state index contributed by atoms with van der Waals surface area (Å²) in [5.74, 6) is -0.696. The molecule has 0 amide bonds. The SMILES string of the molecule is CN(C1CCNCC1)S(=O)(=O)c1ccccc1F.Cl.